The molecule has 1 heterocycles. The fourth-order valence-electron chi connectivity index (χ4n) is 2.01. The summed E-state index contributed by atoms with van der Waals surface area (Å²) in [5, 5.41) is 11.6. The smallest absolute Gasteiger partial charge is 0.326 e. The predicted molar refractivity (Wildman–Crippen MR) is 69.5 cm³/mol. The van der Waals surface area contributed by atoms with Crippen LogP contribution in [0.5, 0.6) is 0 Å². The van der Waals surface area contributed by atoms with Gasteiger partial charge in [0.1, 0.15) is 6.04 Å². The van der Waals surface area contributed by atoms with E-state index in [1.165, 1.54) is 4.90 Å². The Morgan fingerprint density at radius 3 is 2.42 bits per heavy atom. The summed E-state index contributed by atoms with van der Waals surface area (Å²) >= 11 is 0. The van der Waals surface area contributed by atoms with Crippen LogP contribution in [0.4, 0.5) is 0 Å². The molecule has 0 aromatic heterocycles. The lowest BCUT2D eigenvalue weighted by atomic mass is 9.96. The molecule has 6 nitrogen and oxygen atoms in total. The number of rotatable bonds is 3. The molecule has 0 spiro atoms. The number of carbonyl (C=O) groups is 3. The van der Waals surface area contributed by atoms with Gasteiger partial charge in [-0.15, -0.1) is 0 Å². The van der Waals surface area contributed by atoms with Crippen LogP contribution in [-0.4, -0.2) is 46.9 Å². The zero-order valence-electron chi connectivity index (χ0n) is 11.7. The van der Waals surface area contributed by atoms with Crippen LogP contribution in [0.15, 0.2) is 0 Å². The molecule has 1 aliphatic heterocycles. The van der Waals surface area contributed by atoms with E-state index in [0.717, 1.165) is 12.8 Å². The Kier molecular flexibility index (Phi) is 4.91. The van der Waals surface area contributed by atoms with Crippen LogP contribution >= 0.6 is 0 Å². The summed E-state index contributed by atoms with van der Waals surface area (Å²) < 4.78 is 0. The molecule has 6 heteroatoms. The first-order valence-electron chi connectivity index (χ1n) is 6.54. The van der Waals surface area contributed by atoms with E-state index in [-0.39, 0.29) is 18.4 Å². The number of nitrogens with one attached hydrogen (secondary N) is 1. The molecule has 0 aromatic carbocycles. The van der Waals surface area contributed by atoms with Crippen LogP contribution < -0.4 is 5.32 Å². The van der Waals surface area contributed by atoms with E-state index in [4.69, 9.17) is 5.11 Å². The average molecular weight is 270 g/mol. The zero-order chi connectivity index (χ0) is 14.6. The second-order valence-corrected chi connectivity index (χ2v) is 5.87. The summed E-state index contributed by atoms with van der Waals surface area (Å²) in [6.07, 6.45) is 2.10. The molecule has 0 saturated carbocycles. The Bertz CT molecular complexity index is 373. The number of carboxylic acid groups (broad SMARTS) is 1. The Balaban J connectivity index is 2.57. The van der Waals surface area contributed by atoms with Crippen LogP contribution in [0.1, 0.15) is 40.0 Å². The van der Waals surface area contributed by atoms with Crippen LogP contribution in [-0.2, 0) is 14.4 Å². The van der Waals surface area contributed by atoms with Gasteiger partial charge < -0.3 is 15.3 Å². The minimum atomic E-state index is -0.977. The number of hydrogen-bond donors (Lipinski definition) is 2. The highest BCUT2D eigenvalue weighted by Crippen LogP contribution is 2.17. The van der Waals surface area contributed by atoms with Crippen molar-refractivity contribution in [2.45, 2.75) is 46.1 Å². The van der Waals surface area contributed by atoms with Crippen molar-refractivity contribution in [2.24, 2.45) is 5.41 Å². The van der Waals surface area contributed by atoms with Gasteiger partial charge in [0.25, 0.3) is 0 Å². The molecule has 0 aromatic rings. The van der Waals surface area contributed by atoms with Gasteiger partial charge in [0.2, 0.25) is 11.8 Å². The normalized spacial score (nSPS) is 19.9. The Hall–Kier alpha value is -1.59. The molecule has 0 aliphatic carbocycles. The van der Waals surface area contributed by atoms with Gasteiger partial charge in [-0.1, -0.05) is 20.8 Å². The molecule has 1 saturated heterocycles. The molecular weight excluding hydrogens is 248 g/mol. The van der Waals surface area contributed by atoms with Gasteiger partial charge in [0, 0.05) is 12.0 Å². The third-order valence-corrected chi connectivity index (χ3v) is 3.19. The number of hydrogen-bond acceptors (Lipinski definition) is 3. The minimum absolute atomic E-state index is 0.139. The summed E-state index contributed by atoms with van der Waals surface area (Å²) in [5.41, 5.74) is -0.561. The van der Waals surface area contributed by atoms with Crippen LogP contribution in [0.25, 0.3) is 0 Å². The first-order chi connectivity index (χ1) is 8.73. The van der Waals surface area contributed by atoms with Crippen molar-refractivity contribution < 1.29 is 19.5 Å². The van der Waals surface area contributed by atoms with Gasteiger partial charge in [-0.05, 0) is 19.3 Å². The fourth-order valence-corrected chi connectivity index (χ4v) is 2.01. The second kappa shape index (κ2) is 6.04. The van der Waals surface area contributed by atoms with Crippen molar-refractivity contribution in [2.75, 3.05) is 13.1 Å². The molecule has 1 aliphatic rings. The van der Waals surface area contributed by atoms with Gasteiger partial charge in [-0.25, -0.2) is 4.79 Å². The first kappa shape index (κ1) is 15.5. The maximum Gasteiger partial charge on any atom is 0.326 e. The minimum Gasteiger partial charge on any atom is -0.480 e. The van der Waals surface area contributed by atoms with Crippen molar-refractivity contribution in [1.82, 2.24) is 10.2 Å². The standard InChI is InChI=1S/C13H22N2O4/c1-13(2,3)12(19)14-8-10(16)15-7-5-4-6-9(15)11(17)18/h9H,4-8H2,1-3H3,(H,14,19)(H,17,18). The monoisotopic (exact) mass is 270 g/mol. The van der Waals surface area contributed by atoms with Crippen molar-refractivity contribution >= 4 is 17.8 Å². The van der Waals surface area contributed by atoms with E-state index in [2.05, 4.69) is 5.32 Å². The summed E-state index contributed by atoms with van der Waals surface area (Å²) in [6.45, 7) is 5.58. The molecule has 0 radical (unpaired) electrons. The fraction of sp³-hybridized carbons (Fsp3) is 0.769. The average Bonchev–Trinajstić information content (AvgIpc) is 2.34. The van der Waals surface area contributed by atoms with E-state index in [1.54, 1.807) is 20.8 Å². The van der Waals surface area contributed by atoms with E-state index >= 15 is 0 Å². The maximum atomic E-state index is 12.0. The molecule has 2 N–H and O–H groups in total. The number of carboxylic acids is 1. The molecule has 0 bridgehead atoms. The zero-order valence-corrected chi connectivity index (χ0v) is 11.7. The van der Waals surface area contributed by atoms with E-state index < -0.39 is 17.4 Å². The van der Waals surface area contributed by atoms with Crippen LogP contribution in [0.2, 0.25) is 0 Å². The van der Waals surface area contributed by atoms with Gasteiger partial charge in [-0.2, -0.15) is 0 Å². The molecule has 1 unspecified atom stereocenters. The highest BCUT2D eigenvalue weighted by molar-refractivity contribution is 5.89. The molecule has 19 heavy (non-hydrogen) atoms. The third-order valence-electron chi connectivity index (χ3n) is 3.19. The number of aliphatic carboxylic acids is 1. The number of carbonyl (C=O) groups excluding carboxylic acids is 2. The lowest BCUT2D eigenvalue weighted by Crippen LogP contribution is -2.51. The number of amides is 2. The number of likely N-dealkylation sites (tertiary alicyclic amines) is 1. The SMILES string of the molecule is CC(C)(C)C(=O)NCC(=O)N1CCCCC1C(=O)O. The number of nitrogens with zero attached hydrogens (tertiary/aromatic N) is 1. The Morgan fingerprint density at radius 1 is 1.26 bits per heavy atom. The van der Waals surface area contributed by atoms with E-state index in [1.807, 2.05) is 0 Å². The molecular formula is C13H22N2O4. The lowest BCUT2D eigenvalue weighted by molar-refractivity contribution is -0.152. The van der Waals surface area contributed by atoms with Gasteiger partial charge in [0.15, 0.2) is 0 Å². The lowest BCUT2D eigenvalue weighted by Gasteiger charge is -2.33. The molecule has 2 amide bonds. The third kappa shape index (κ3) is 4.22. The largest absolute Gasteiger partial charge is 0.480 e. The highest BCUT2D eigenvalue weighted by Gasteiger charge is 2.32. The van der Waals surface area contributed by atoms with E-state index in [0.29, 0.717) is 13.0 Å². The van der Waals surface area contributed by atoms with Gasteiger partial charge in [-0.3, -0.25) is 9.59 Å². The van der Waals surface area contributed by atoms with Crippen molar-refractivity contribution in [3.8, 4) is 0 Å². The highest BCUT2D eigenvalue weighted by atomic mass is 16.4. The quantitative estimate of drug-likeness (QED) is 0.787. The van der Waals surface area contributed by atoms with Crippen molar-refractivity contribution in [3.63, 3.8) is 0 Å². The summed E-state index contributed by atoms with van der Waals surface area (Å²) in [4.78, 5) is 36.1. The van der Waals surface area contributed by atoms with E-state index in [9.17, 15) is 14.4 Å². The molecule has 1 atom stereocenters. The van der Waals surface area contributed by atoms with Crippen LogP contribution in [0, 0.1) is 5.41 Å². The molecule has 1 fully saturated rings. The number of piperidine rings is 1. The summed E-state index contributed by atoms with van der Waals surface area (Å²) in [5.74, 6) is -1.52. The van der Waals surface area contributed by atoms with Gasteiger partial charge >= 0.3 is 5.97 Å². The summed E-state index contributed by atoms with van der Waals surface area (Å²) in [7, 11) is 0. The topological polar surface area (TPSA) is 86.7 Å². The van der Waals surface area contributed by atoms with Crippen molar-refractivity contribution in [1.29, 1.82) is 0 Å². The Labute approximate surface area is 113 Å². The molecule has 108 valence electrons. The first-order valence-corrected chi connectivity index (χ1v) is 6.54. The van der Waals surface area contributed by atoms with Gasteiger partial charge in [0.05, 0.1) is 6.54 Å². The maximum absolute atomic E-state index is 12.0. The predicted octanol–water partition coefficient (Wildman–Crippen LogP) is 0.614. The van der Waals surface area contributed by atoms with Crippen molar-refractivity contribution in [3.05, 3.63) is 0 Å². The molecule has 1 rings (SSSR count). The Morgan fingerprint density at radius 2 is 1.89 bits per heavy atom. The van der Waals surface area contributed by atoms with Crippen LogP contribution in [0.3, 0.4) is 0 Å². The summed E-state index contributed by atoms with van der Waals surface area (Å²) in [6, 6.07) is -0.757. The second-order valence-electron chi connectivity index (χ2n) is 5.87.